The predicted molar refractivity (Wildman–Crippen MR) is 82.1 cm³/mol. The summed E-state index contributed by atoms with van der Waals surface area (Å²) in [6.45, 7) is 6.60. The molecule has 2 N–H and O–H groups in total. The number of halogens is 2. The van der Waals surface area contributed by atoms with Gasteiger partial charge in [-0.25, -0.2) is 0 Å². The number of rotatable bonds is 6. The summed E-state index contributed by atoms with van der Waals surface area (Å²) in [7, 11) is 0. The summed E-state index contributed by atoms with van der Waals surface area (Å²) in [5, 5.41) is 15.2. The molecule has 0 bridgehead atoms. The van der Waals surface area contributed by atoms with Gasteiger partial charge in [-0.15, -0.1) is 0 Å². The lowest BCUT2D eigenvalue weighted by molar-refractivity contribution is -0.154. The molecular formula is C12H22Br2O6. The summed E-state index contributed by atoms with van der Waals surface area (Å²) in [5.74, 6) is -0.775. The maximum Gasteiger partial charge on any atom is 0.322 e. The van der Waals surface area contributed by atoms with Crippen LogP contribution in [-0.4, -0.2) is 57.2 Å². The molecule has 0 unspecified atom stereocenters. The van der Waals surface area contributed by atoms with Gasteiger partial charge in [0.1, 0.15) is 21.9 Å². The summed E-state index contributed by atoms with van der Waals surface area (Å²) in [5.41, 5.74) is 0. The van der Waals surface area contributed by atoms with E-state index in [2.05, 4.69) is 31.9 Å². The van der Waals surface area contributed by atoms with Crippen molar-refractivity contribution in [2.45, 2.75) is 36.3 Å². The molecule has 0 aliphatic rings. The molecule has 0 amide bonds. The molecule has 6 nitrogen and oxygen atoms in total. The molecule has 0 aliphatic heterocycles. The van der Waals surface area contributed by atoms with Crippen LogP contribution in [0.25, 0.3) is 0 Å². The van der Waals surface area contributed by atoms with E-state index in [9.17, 15) is 9.59 Å². The van der Waals surface area contributed by atoms with Crippen LogP contribution < -0.4 is 0 Å². The minimum atomic E-state index is -0.717. The molecular weight excluding hydrogens is 400 g/mol. The van der Waals surface area contributed by atoms with Crippen molar-refractivity contribution in [1.29, 1.82) is 0 Å². The fourth-order valence-corrected chi connectivity index (χ4v) is 0.841. The minimum Gasteiger partial charge on any atom is -0.461 e. The number of esters is 2. The molecule has 0 aromatic rings. The Balaban J connectivity index is 0. The van der Waals surface area contributed by atoms with Crippen molar-refractivity contribution in [1.82, 2.24) is 0 Å². The van der Waals surface area contributed by atoms with Gasteiger partial charge in [0.25, 0.3) is 0 Å². The van der Waals surface area contributed by atoms with E-state index in [1.54, 1.807) is 27.7 Å². The number of carbonyl (C=O) groups excluding carboxylic acids is 2. The number of aliphatic hydroxyl groups is 2. The first kappa shape index (κ1) is 22.1. The molecule has 0 fully saturated rings. The lowest BCUT2D eigenvalue weighted by Gasteiger charge is -2.17. The number of carbonyl (C=O) groups is 2. The van der Waals surface area contributed by atoms with E-state index < -0.39 is 8.65 Å². The molecule has 0 saturated heterocycles. The lowest BCUT2D eigenvalue weighted by atomic mass is 10.2. The Morgan fingerprint density at radius 1 is 0.850 bits per heavy atom. The highest BCUT2D eigenvalue weighted by molar-refractivity contribution is 9.10. The van der Waals surface area contributed by atoms with Gasteiger partial charge in [0, 0.05) is 0 Å². The van der Waals surface area contributed by atoms with Crippen LogP contribution in [0.1, 0.15) is 27.7 Å². The summed E-state index contributed by atoms with van der Waals surface area (Å²) in [6.07, 6.45) is 0. The van der Waals surface area contributed by atoms with Gasteiger partial charge in [0.2, 0.25) is 0 Å². The SMILES string of the molecule is CC(C)(Br)C(=O)OCCOC(=O)C(C)(C)Br.OCCO. The second kappa shape index (κ2) is 10.5. The molecule has 0 aromatic heterocycles. The zero-order chi connectivity index (χ0) is 16.4. The third-order valence-electron chi connectivity index (χ3n) is 1.62. The van der Waals surface area contributed by atoms with Gasteiger partial charge in [-0.3, -0.25) is 9.59 Å². The molecule has 0 aliphatic carbocycles. The number of alkyl halides is 2. The average Bonchev–Trinajstić information content (AvgIpc) is 2.31. The maximum absolute atomic E-state index is 11.3. The van der Waals surface area contributed by atoms with E-state index in [0.29, 0.717) is 0 Å². The molecule has 20 heavy (non-hydrogen) atoms. The first-order chi connectivity index (χ1) is 8.96. The summed E-state index contributed by atoms with van der Waals surface area (Å²) in [6, 6.07) is 0. The Morgan fingerprint density at radius 3 is 1.25 bits per heavy atom. The van der Waals surface area contributed by atoms with Gasteiger partial charge in [0.05, 0.1) is 13.2 Å². The maximum atomic E-state index is 11.3. The van der Waals surface area contributed by atoms with Crippen LogP contribution in [-0.2, 0) is 19.1 Å². The first-order valence-corrected chi connectivity index (χ1v) is 7.49. The molecule has 0 rings (SSSR count). The van der Waals surface area contributed by atoms with Crippen molar-refractivity contribution in [2.75, 3.05) is 26.4 Å². The molecule has 0 radical (unpaired) electrons. The zero-order valence-corrected chi connectivity index (χ0v) is 15.3. The van der Waals surface area contributed by atoms with Gasteiger partial charge < -0.3 is 19.7 Å². The molecule has 0 saturated carbocycles. The Morgan fingerprint density at radius 2 is 1.10 bits per heavy atom. The first-order valence-electron chi connectivity index (χ1n) is 5.90. The van der Waals surface area contributed by atoms with Crippen molar-refractivity contribution < 1.29 is 29.3 Å². The number of aliphatic hydroxyl groups excluding tert-OH is 2. The Bertz CT molecular complexity index is 263. The van der Waals surface area contributed by atoms with Crippen LogP contribution in [0, 0.1) is 0 Å². The van der Waals surface area contributed by atoms with Crippen molar-refractivity contribution in [3.05, 3.63) is 0 Å². The fourth-order valence-electron chi connectivity index (χ4n) is 0.612. The Labute approximate surface area is 136 Å². The number of hydrogen-bond acceptors (Lipinski definition) is 6. The van der Waals surface area contributed by atoms with Gasteiger partial charge in [-0.2, -0.15) is 0 Å². The Kier molecular flexibility index (Phi) is 11.6. The van der Waals surface area contributed by atoms with Crippen molar-refractivity contribution in [2.24, 2.45) is 0 Å². The molecule has 0 heterocycles. The monoisotopic (exact) mass is 420 g/mol. The molecule has 0 spiro atoms. The van der Waals surface area contributed by atoms with E-state index in [4.69, 9.17) is 19.7 Å². The van der Waals surface area contributed by atoms with E-state index in [0.717, 1.165) is 0 Å². The van der Waals surface area contributed by atoms with Gasteiger partial charge in [0.15, 0.2) is 0 Å². The summed E-state index contributed by atoms with van der Waals surface area (Å²) >= 11 is 6.33. The summed E-state index contributed by atoms with van der Waals surface area (Å²) < 4.78 is 8.35. The third-order valence-corrected chi connectivity index (χ3v) is 2.27. The van der Waals surface area contributed by atoms with E-state index >= 15 is 0 Å². The standard InChI is InChI=1S/C10H16Br2O4.C2H6O2/c1-9(2,11)7(13)15-5-6-16-8(14)10(3,4)12;3-1-2-4/h5-6H2,1-4H3;3-4H,1-2H2. The van der Waals surface area contributed by atoms with E-state index in [1.807, 2.05) is 0 Å². The van der Waals surface area contributed by atoms with Crippen LogP contribution in [0.3, 0.4) is 0 Å². The number of hydrogen-bond donors (Lipinski definition) is 2. The van der Waals surface area contributed by atoms with Gasteiger partial charge in [-0.1, -0.05) is 31.9 Å². The van der Waals surface area contributed by atoms with Crippen molar-refractivity contribution in [3.8, 4) is 0 Å². The molecule has 0 atom stereocenters. The predicted octanol–water partition coefficient (Wildman–Crippen LogP) is 1.39. The summed E-state index contributed by atoms with van der Waals surface area (Å²) in [4.78, 5) is 22.6. The van der Waals surface area contributed by atoms with Crippen LogP contribution >= 0.6 is 31.9 Å². The van der Waals surface area contributed by atoms with Crippen molar-refractivity contribution in [3.63, 3.8) is 0 Å². The second-order valence-corrected chi connectivity index (χ2v) is 8.63. The quantitative estimate of drug-likeness (QED) is 0.382. The van der Waals surface area contributed by atoms with Crippen LogP contribution in [0.15, 0.2) is 0 Å². The molecule has 120 valence electrons. The lowest BCUT2D eigenvalue weighted by Crippen LogP contribution is -2.30. The smallest absolute Gasteiger partial charge is 0.322 e. The second-order valence-electron chi connectivity index (χ2n) is 4.66. The normalized spacial score (nSPS) is 11.2. The van der Waals surface area contributed by atoms with Crippen LogP contribution in [0.4, 0.5) is 0 Å². The van der Waals surface area contributed by atoms with Gasteiger partial charge >= 0.3 is 11.9 Å². The van der Waals surface area contributed by atoms with Crippen LogP contribution in [0.2, 0.25) is 0 Å². The number of ether oxygens (including phenoxy) is 2. The molecule has 8 heteroatoms. The average molecular weight is 422 g/mol. The Hall–Kier alpha value is -0.180. The van der Waals surface area contributed by atoms with Gasteiger partial charge in [-0.05, 0) is 27.7 Å². The highest BCUT2D eigenvalue weighted by atomic mass is 79.9. The zero-order valence-electron chi connectivity index (χ0n) is 12.1. The largest absolute Gasteiger partial charge is 0.461 e. The van der Waals surface area contributed by atoms with E-state index in [1.165, 1.54) is 0 Å². The van der Waals surface area contributed by atoms with E-state index in [-0.39, 0.29) is 38.4 Å². The highest BCUT2D eigenvalue weighted by Gasteiger charge is 2.27. The van der Waals surface area contributed by atoms with Crippen LogP contribution in [0.5, 0.6) is 0 Å². The van der Waals surface area contributed by atoms with Crippen molar-refractivity contribution >= 4 is 43.8 Å². The minimum absolute atomic E-state index is 0.0582. The third kappa shape index (κ3) is 12.8. The highest BCUT2D eigenvalue weighted by Crippen LogP contribution is 2.18. The topological polar surface area (TPSA) is 93.1 Å². The molecule has 0 aromatic carbocycles. The fraction of sp³-hybridized carbons (Fsp3) is 0.833.